The highest BCUT2D eigenvalue weighted by molar-refractivity contribution is 7.13. The molecule has 0 aromatic carbocycles. The average molecular weight is 197 g/mol. The van der Waals surface area contributed by atoms with Gasteiger partial charge in [-0.15, -0.1) is 11.3 Å². The van der Waals surface area contributed by atoms with E-state index in [1.54, 1.807) is 0 Å². The fourth-order valence-electron chi connectivity index (χ4n) is 0.817. The second-order valence-corrected chi connectivity index (χ2v) is 3.52. The molecule has 2 N–H and O–H groups in total. The molecule has 2 atom stereocenters. The van der Waals surface area contributed by atoms with Gasteiger partial charge in [0.2, 0.25) is 0 Å². The molecule has 0 aliphatic carbocycles. The lowest BCUT2D eigenvalue weighted by Gasteiger charge is -2.07. The zero-order chi connectivity index (χ0) is 9.84. The van der Waals surface area contributed by atoms with E-state index in [0.717, 1.165) is 11.3 Å². The lowest BCUT2D eigenvalue weighted by Crippen LogP contribution is -2.14. The summed E-state index contributed by atoms with van der Waals surface area (Å²) < 4.78 is 0. The van der Waals surface area contributed by atoms with Gasteiger partial charge in [-0.3, -0.25) is 4.79 Å². The molecule has 0 spiro atoms. The Bertz CT molecular complexity index is 341. The van der Waals surface area contributed by atoms with Crippen molar-refractivity contribution in [1.82, 2.24) is 0 Å². The Hall–Kier alpha value is -1.22. The van der Waals surface area contributed by atoms with Crippen LogP contribution in [0.1, 0.15) is 20.7 Å². The normalized spacial score (nSPS) is 14.5. The molecule has 1 heterocycles. The van der Waals surface area contributed by atoms with E-state index in [1.165, 1.54) is 18.2 Å². The van der Waals surface area contributed by atoms with Gasteiger partial charge in [0, 0.05) is 4.88 Å². The molecule has 0 radical (unpaired) electrons. The van der Waals surface area contributed by atoms with Gasteiger partial charge < -0.3 is 10.2 Å². The number of nitrogens with zero attached hydrogens (tertiary/aromatic N) is 1. The minimum Gasteiger partial charge on any atom is -0.384 e. The first-order valence-corrected chi connectivity index (χ1v) is 4.31. The van der Waals surface area contributed by atoms with Gasteiger partial charge in [0.1, 0.15) is 6.10 Å². The molecular formula is C8H7NO3S. The summed E-state index contributed by atoms with van der Waals surface area (Å²) in [7, 11) is 0. The van der Waals surface area contributed by atoms with Crippen LogP contribution < -0.4 is 0 Å². The van der Waals surface area contributed by atoms with Crippen LogP contribution in [0, 0.1) is 11.3 Å². The minimum atomic E-state index is -1.45. The van der Waals surface area contributed by atoms with Crippen LogP contribution in [0.25, 0.3) is 0 Å². The van der Waals surface area contributed by atoms with E-state index < -0.39 is 12.2 Å². The number of hydrogen-bond donors (Lipinski definition) is 2. The number of aldehydes is 1. The van der Waals surface area contributed by atoms with Crippen LogP contribution in [0.3, 0.4) is 0 Å². The molecule has 1 rings (SSSR count). The third-order valence-electron chi connectivity index (χ3n) is 1.49. The van der Waals surface area contributed by atoms with E-state index in [9.17, 15) is 9.90 Å². The van der Waals surface area contributed by atoms with Crippen molar-refractivity contribution in [2.75, 3.05) is 0 Å². The van der Waals surface area contributed by atoms with Crippen LogP contribution in [0.2, 0.25) is 0 Å². The number of hydrogen-bond acceptors (Lipinski definition) is 5. The quantitative estimate of drug-likeness (QED) is 0.545. The summed E-state index contributed by atoms with van der Waals surface area (Å²) in [5, 5.41) is 26.6. The van der Waals surface area contributed by atoms with E-state index in [0.29, 0.717) is 16.0 Å². The Morgan fingerprint density at radius 3 is 2.69 bits per heavy atom. The van der Waals surface area contributed by atoms with E-state index in [1.807, 2.05) is 0 Å². The van der Waals surface area contributed by atoms with E-state index >= 15 is 0 Å². The summed E-state index contributed by atoms with van der Waals surface area (Å²) in [6.45, 7) is 0. The predicted octanol–water partition coefficient (Wildman–Crippen LogP) is 0.478. The average Bonchev–Trinajstić information content (AvgIpc) is 2.63. The highest BCUT2D eigenvalue weighted by atomic mass is 32.1. The Morgan fingerprint density at radius 2 is 2.23 bits per heavy atom. The summed E-state index contributed by atoms with van der Waals surface area (Å²) in [6, 6.07) is 4.56. The molecule has 0 fully saturated rings. The molecule has 68 valence electrons. The number of thiophene rings is 1. The molecule has 1 aromatic heterocycles. The molecule has 0 amide bonds. The number of aliphatic hydroxyl groups excluding tert-OH is 2. The minimum absolute atomic E-state index is 0.413. The van der Waals surface area contributed by atoms with Crippen molar-refractivity contribution in [3.8, 4) is 6.07 Å². The Kier molecular flexibility index (Phi) is 3.14. The van der Waals surface area contributed by atoms with Gasteiger partial charge >= 0.3 is 0 Å². The first-order chi connectivity index (χ1) is 6.19. The number of carbonyl (C=O) groups is 1. The Labute approximate surface area is 78.7 Å². The third kappa shape index (κ3) is 2.12. The lowest BCUT2D eigenvalue weighted by molar-refractivity contribution is 0.0552. The summed E-state index contributed by atoms with van der Waals surface area (Å²) in [4.78, 5) is 11.2. The molecular weight excluding hydrogens is 190 g/mol. The van der Waals surface area contributed by atoms with Gasteiger partial charge in [-0.05, 0) is 12.1 Å². The smallest absolute Gasteiger partial charge is 0.171 e. The first kappa shape index (κ1) is 9.86. The number of nitriles is 1. The number of aliphatic hydroxyl groups is 2. The number of carbonyl (C=O) groups excluding carboxylic acids is 1. The van der Waals surface area contributed by atoms with Gasteiger partial charge in [0.25, 0.3) is 0 Å². The van der Waals surface area contributed by atoms with Crippen molar-refractivity contribution in [3.05, 3.63) is 21.9 Å². The van der Waals surface area contributed by atoms with Crippen molar-refractivity contribution in [2.24, 2.45) is 0 Å². The molecule has 0 saturated heterocycles. The first-order valence-electron chi connectivity index (χ1n) is 3.49. The van der Waals surface area contributed by atoms with Crippen molar-refractivity contribution in [3.63, 3.8) is 0 Å². The maximum Gasteiger partial charge on any atom is 0.171 e. The molecule has 13 heavy (non-hydrogen) atoms. The summed E-state index contributed by atoms with van der Waals surface area (Å²) >= 11 is 1.06. The van der Waals surface area contributed by atoms with Crippen LogP contribution in [-0.2, 0) is 0 Å². The van der Waals surface area contributed by atoms with Crippen molar-refractivity contribution < 1.29 is 15.0 Å². The molecule has 4 nitrogen and oxygen atoms in total. The molecule has 2 unspecified atom stereocenters. The van der Waals surface area contributed by atoms with Crippen molar-refractivity contribution in [2.45, 2.75) is 12.2 Å². The SMILES string of the molecule is N#CC(O)C(O)c1ccc(C=O)s1. The van der Waals surface area contributed by atoms with E-state index in [-0.39, 0.29) is 0 Å². The molecule has 0 bridgehead atoms. The van der Waals surface area contributed by atoms with Crippen LogP contribution in [0.5, 0.6) is 0 Å². The molecule has 5 heteroatoms. The third-order valence-corrected chi connectivity index (χ3v) is 2.57. The second-order valence-electron chi connectivity index (χ2n) is 2.38. The van der Waals surface area contributed by atoms with Crippen molar-refractivity contribution >= 4 is 17.6 Å². The van der Waals surface area contributed by atoms with E-state index in [2.05, 4.69) is 0 Å². The molecule has 0 saturated carbocycles. The van der Waals surface area contributed by atoms with Gasteiger partial charge in [-0.1, -0.05) is 0 Å². The summed E-state index contributed by atoms with van der Waals surface area (Å²) in [6.07, 6.45) is -2.03. The van der Waals surface area contributed by atoms with E-state index in [4.69, 9.17) is 10.4 Å². The van der Waals surface area contributed by atoms with Gasteiger partial charge in [-0.25, -0.2) is 0 Å². The molecule has 0 aliphatic heterocycles. The number of rotatable bonds is 3. The highest BCUT2D eigenvalue weighted by Crippen LogP contribution is 2.24. The van der Waals surface area contributed by atoms with Gasteiger partial charge in [-0.2, -0.15) is 5.26 Å². The molecule has 0 aliphatic rings. The molecule has 1 aromatic rings. The topological polar surface area (TPSA) is 81.3 Å². The lowest BCUT2D eigenvalue weighted by atomic mass is 10.2. The Morgan fingerprint density at radius 1 is 1.54 bits per heavy atom. The monoisotopic (exact) mass is 197 g/mol. The fourth-order valence-corrected chi connectivity index (χ4v) is 1.66. The highest BCUT2D eigenvalue weighted by Gasteiger charge is 2.19. The largest absolute Gasteiger partial charge is 0.384 e. The van der Waals surface area contributed by atoms with Crippen LogP contribution in [0.15, 0.2) is 12.1 Å². The zero-order valence-electron chi connectivity index (χ0n) is 6.54. The second kappa shape index (κ2) is 4.14. The van der Waals surface area contributed by atoms with Gasteiger partial charge in [0.05, 0.1) is 10.9 Å². The van der Waals surface area contributed by atoms with Crippen molar-refractivity contribution in [1.29, 1.82) is 5.26 Å². The van der Waals surface area contributed by atoms with Crippen LogP contribution in [-0.4, -0.2) is 22.6 Å². The van der Waals surface area contributed by atoms with Crippen LogP contribution >= 0.6 is 11.3 Å². The summed E-state index contributed by atoms with van der Waals surface area (Å²) in [5.74, 6) is 0. The fraction of sp³-hybridized carbons (Fsp3) is 0.250. The summed E-state index contributed by atoms with van der Waals surface area (Å²) in [5.41, 5.74) is 0. The predicted molar refractivity (Wildman–Crippen MR) is 46.3 cm³/mol. The maximum atomic E-state index is 10.3. The Balaban J connectivity index is 2.83. The van der Waals surface area contributed by atoms with Crippen LogP contribution in [0.4, 0.5) is 0 Å². The van der Waals surface area contributed by atoms with Gasteiger partial charge in [0.15, 0.2) is 12.4 Å². The standard InChI is InChI=1S/C8H7NO3S/c9-3-6(11)8(12)7-2-1-5(4-10)13-7/h1-2,4,6,8,11-12H. The maximum absolute atomic E-state index is 10.3. The zero-order valence-corrected chi connectivity index (χ0v) is 7.36.